The fourth-order valence-electron chi connectivity index (χ4n) is 3.82. The van der Waals surface area contributed by atoms with Crippen LogP contribution < -0.4 is 5.32 Å². The molecule has 0 saturated carbocycles. The third kappa shape index (κ3) is 3.46. The van der Waals surface area contributed by atoms with Crippen molar-refractivity contribution in [2.45, 2.75) is 44.8 Å². The lowest BCUT2D eigenvalue weighted by molar-refractivity contribution is -0.137. The van der Waals surface area contributed by atoms with Gasteiger partial charge in [-0.3, -0.25) is 4.79 Å². The minimum atomic E-state index is -0.272. The number of nitrogens with one attached hydrogen (secondary N) is 1. The third-order valence-corrected chi connectivity index (χ3v) is 5.57. The highest BCUT2D eigenvalue weighted by Gasteiger charge is 2.35. The number of hydrogen-bond donors (Lipinski definition) is 1. The topological polar surface area (TPSA) is 63.1 Å². The first-order chi connectivity index (χ1) is 12.1. The summed E-state index contributed by atoms with van der Waals surface area (Å²) in [4.78, 5) is 14.8. The lowest BCUT2D eigenvalue weighted by Gasteiger charge is -2.33. The van der Waals surface area contributed by atoms with E-state index in [1.165, 1.54) is 0 Å². The van der Waals surface area contributed by atoms with Crippen molar-refractivity contribution < 1.29 is 4.79 Å². The van der Waals surface area contributed by atoms with Crippen LogP contribution in [0.4, 0.5) is 0 Å². The van der Waals surface area contributed by atoms with Crippen molar-refractivity contribution in [1.29, 1.82) is 0 Å². The van der Waals surface area contributed by atoms with Gasteiger partial charge in [0.2, 0.25) is 5.91 Å². The van der Waals surface area contributed by atoms with Crippen LogP contribution >= 0.6 is 24.0 Å². The lowest BCUT2D eigenvalue weighted by atomic mass is 9.96. The van der Waals surface area contributed by atoms with Gasteiger partial charge in [0.15, 0.2) is 5.82 Å². The molecule has 140 valence electrons. The minimum absolute atomic E-state index is 0. The predicted octanol–water partition coefficient (Wildman–Crippen LogP) is 2.92. The Hall–Kier alpha value is -1.63. The van der Waals surface area contributed by atoms with Crippen LogP contribution in [-0.2, 0) is 17.9 Å². The first-order valence-corrected chi connectivity index (χ1v) is 9.19. The van der Waals surface area contributed by atoms with E-state index in [0.29, 0.717) is 24.0 Å². The summed E-state index contributed by atoms with van der Waals surface area (Å²) in [5.74, 6) is 2.32. The average molecular weight is 396 g/mol. The second-order valence-electron chi connectivity index (χ2n) is 6.83. The molecule has 1 aromatic carbocycles. The quantitative estimate of drug-likeness (QED) is 0.867. The van der Waals surface area contributed by atoms with Crippen LogP contribution in [0.2, 0.25) is 5.02 Å². The molecule has 26 heavy (non-hydrogen) atoms. The molecular weight excluding hydrogens is 373 g/mol. The van der Waals surface area contributed by atoms with Crippen molar-refractivity contribution >= 4 is 29.9 Å². The smallest absolute Gasteiger partial charge is 0.246 e. The van der Waals surface area contributed by atoms with E-state index >= 15 is 0 Å². The van der Waals surface area contributed by atoms with Gasteiger partial charge in [-0.05, 0) is 44.5 Å². The van der Waals surface area contributed by atoms with E-state index in [0.717, 1.165) is 43.1 Å². The molecule has 1 amide bonds. The summed E-state index contributed by atoms with van der Waals surface area (Å²) in [7, 11) is 0. The van der Waals surface area contributed by atoms with Gasteiger partial charge in [-0.2, -0.15) is 0 Å². The lowest BCUT2D eigenvalue weighted by Crippen LogP contribution is -2.42. The molecule has 6 nitrogen and oxygen atoms in total. The van der Waals surface area contributed by atoms with Crippen LogP contribution in [0.5, 0.6) is 0 Å². The SMILES string of the molecule is C[C@H]1C(=O)N(Cc2ccccc2Cl)Cc2nnc(C3CCNCC3)n21.Cl. The highest BCUT2D eigenvalue weighted by molar-refractivity contribution is 6.31. The molecule has 1 atom stereocenters. The zero-order chi connectivity index (χ0) is 17.4. The third-order valence-electron chi connectivity index (χ3n) is 5.20. The monoisotopic (exact) mass is 395 g/mol. The molecule has 1 saturated heterocycles. The van der Waals surface area contributed by atoms with Crippen molar-refractivity contribution in [2.75, 3.05) is 13.1 Å². The standard InChI is InChI=1S/C18H22ClN5O.ClH/c1-12-18(25)23(10-14-4-2-3-5-15(14)19)11-16-21-22-17(24(12)16)13-6-8-20-9-7-13;/h2-5,12-13,20H,6-11H2,1H3;1H/t12-;/m0./s1. The molecule has 2 aliphatic heterocycles. The van der Waals surface area contributed by atoms with Crippen molar-refractivity contribution in [3.63, 3.8) is 0 Å². The van der Waals surface area contributed by atoms with Gasteiger partial charge in [0.05, 0.1) is 6.54 Å². The van der Waals surface area contributed by atoms with Crippen LogP contribution in [0.3, 0.4) is 0 Å². The molecule has 1 aromatic heterocycles. The number of piperidine rings is 1. The number of amides is 1. The van der Waals surface area contributed by atoms with Gasteiger partial charge < -0.3 is 14.8 Å². The molecule has 0 aliphatic carbocycles. The number of carbonyl (C=O) groups is 1. The maximum atomic E-state index is 12.9. The van der Waals surface area contributed by atoms with Gasteiger partial charge in [-0.1, -0.05) is 29.8 Å². The summed E-state index contributed by atoms with van der Waals surface area (Å²) < 4.78 is 2.06. The molecule has 0 radical (unpaired) electrons. The van der Waals surface area contributed by atoms with E-state index in [1.54, 1.807) is 0 Å². The first-order valence-electron chi connectivity index (χ1n) is 8.81. The van der Waals surface area contributed by atoms with Crippen molar-refractivity contribution in [1.82, 2.24) is 25.0 Å². The minimum Gasteiger partial charge on any atom is -0.329 e. The number of nitrogens with zero attached hydrogens (tertiary/aromatic N) is 4. The molecule has 1 fully saturated rings. The number of fused-ring (bicyclic) bond motifs is 1. The molecule has 2 aliphatic rings. The van der Waals surface area contributed by atoms with Gasteiger partial charge in [0, 0.05) is 17.5 Å². The van der Waals surface area contributed by atoms with Gasteiger partial charge in [-0.15, -0.1) is 22.6 Å². The summed E-state index contributed by atoms with van der Waals surface area (Å²) in [6, 6.07) is 7.38. The van der Waals surface area contributed by atoms with Crippen LogP contribution in [-0.4, -0.2) is 38.7 Å². The predicted molar refractivity (Wildman–Crippen MR) is 103 cm³/mol. The summed E-state index contributed by atoms with van der Waals surface area (Å²) in [5, 5.41) is 12.9. The number of hydrogen-bond acceptors (Lipinski definition) is 4. The molecular formula is C18H23Cl2N5O. The zero-order valence-electron chi connectivity index (χ0n) is 14.7. The Kier molecular flexibility index (Phi) is 5.85. The number of halogens is 2. The van der Waals surface area contributed by atoms with Crippen molar-refractivity contribution in [3.8, 4) is 0 Å². The number of rotatable bonds is 3. The summed E-state index contributed by atoms with van der Waals surface area (Å²) in [6.07, 6.45) is 2.09. The number of aromatic nitrogens is 3. The largest absolute Gasteiger partial charge is 0.329 e. The van der Waals surface area contributed by atoms with Gasteiger partial charge >= 0.3 is 0 Å². The van der Waals surface area contributed by atoms with Gasteiger partial charge in [0.1, 0.15) is 11.9 Å². The normalized spacial score (nSPS) is 20.6. The first kappa shape index (κ1) is 19.1. The molecule has 0 unspecified atom stereocenters. The summed E-state index contributed by atoms with van der Waals surface area (Å²) >= 11 is 6.26. The van der Waals surface area contributed by atoms with Crippen LogP contribution in [0, 0.1) is 0 Å². The molecule has 2 aromatic rings. The Morgan fingerprint density at radius 2 is 1.96 bits per heavy atom. The Morgan fingerprint density at radius 1 is 1.23 bits per heavy atom. The molecule has 1 N–H and O–H groups in total. The number of carbonyl (C=O) groups excluding carboxylic acids is 1. The van der Waals surface area contributed by atoms with Gasteiger partial charge in [-0.25, -0.2) is 0 Å². The molecule has 8 heteroatoms. The average Bonchev–Trinajstić information content (AvgIpc) is 3.06. The van der Waals surface area contributed by atoms with E-state index in [9.17, 15) is 4.79 Å². The molecule has 0 spiro atoms. The maximum Gasteiger partial charge on any atom is 0.246 e. The van der Waals surface area contributed by atoms with Crippen LogP contribution in [0.25, 0.3) is 0 Å². The highest BCUT2D eigenvalue weighted by Crippen LogP contribution is 2.31. The van der Waals surface area contributed by atoms with Crippen molar-refractivity contribution in [3.05, 3.63) is 46.5 Å². The van der Waals surface area contributed by atoms with E-state index in [2.05, 4.69) is 20.1 Å². The maximum absolute atomic E-state index is 12.9. The molecule has 0 bridgehead atoms. The van der Waals surface area contributed by atoms with E-state index in [-0.39, 0.29) is 24.4 Å². The Bertz CT molecular complexity index is 788. The molecule has 3 heterocycles. The summed E-state index contributed by atoms with van der Waals surface area (Å²) in [6.45, 7) is 4.91. The Morgan fingerprint density at radius 3 is 2.69 bits per heavy atom. The Balaban J connectivity index is 0.00000196. The fraction of sp³-hybridized carbons (Fsp3) is 0.500. The van der Waals surface area contributed by atoms with E-state index < -0.39 is 0 Å². The van der Waals surface area contributed by atoms with E-state index in [4.69, 9.17) is 11.6 Å². The molecule has 4 rings (SSSR count). The van der Waals surface area contributed by atoms with Gasteiger partial charge in [0.25, 0.3) is 0 Å². The second kappa shape index (κ2) is 7.94. The highest BCUT2D eigenvalue weighted by atomic mass is 35.5. The van der Waals surface area contributed by atoms with Crippen LogP contribution in [0.15, 0.2) is 24.3 Å². The summed E-state index contributed by atoms with van der Waals surface area (Å²) in [5.41, 5.74) is 0.955. The van der Waals surface area contributed by atoms with Crippen LogP contribution in [0.1, 0.15) is 48.9 Å². The second-order valence-corrected chi connectivity index (χ2v) is 7.24. The fourth-order valence-corrected chi connectivity index (χ4v) is 4.01. The number of benzene rings is 1. The zero-order valence-corrected chi connectivity index (χ0v) is 16.3. The van der Waals surface area contributed by atoms with Crippen molar-refractivity contribution in [2.24, 2.45) is 0 Å². The Labute approximate surface area is 164 Å². The van der Waals surface area contributed by atoms with E-state index in [1.807, 2.05) is 36.1 Å².